The van der Waals surface area contributed by atoms with Gasteiger partial charge >= 0.3 is 0 Å². The van der Waals surface area contributed by atoms with Crippen LogP contribution >= 0.6 is 0 Å². The second-order valence-corrected chi connectivity index (χ2v) is 6.39. The van der Waals surface area contributed by atoms with Crippen LogP contribution in [0.5, 0.6) is 0 Å². The number of anilines is 2. The molecule has 0 spiro atoms. The van der Waals surface area contributed by atoms with Crippen molar-refractivity contribution in [2.75, 3.05) is 16.3 Å². The Labute approximate surface area is 106 Å². The lowest BCUT2D eigenvalue weighted by Crippen LogP contribution is -2.44. The molecule has 0 bridgehead atoms. The Morgan fingerprint density at radius 2 is 2.06 bits per heavy atom. The highest BCUT2D eigenvalue weighted by molar-refractivity contribution is 7.92. The minimum Gasteiger partial charge on any atom is -0.382 e. The molecule has 0 aromatic heterocycles. The molecule has 7 heteroatoms. The summed E-state index contributed by atoms with van der Waals surface area (Å²) in [5.41, 5.74) is 6.30. The first kappa shape index (κ1) is 13.1. The third kappa shape index (κ3) is 3.33. The third-order valence-corrected chi connectivity index (χ3v) is 3.40. The van der Waals surface area contributed by atoms with Crippen LogP contribution in [0.3, 0.4) is 0 Å². The zero-order chi connectivity index (χ0) is 13.3. The van der Waals surface area contributed by atoms with Crippen molar-refractivity contribution >= 4 is 21.4 Å². The van der Waals surface area contributed by atoms with Gasteiger partial charge < -0.3 is 11.1 Å². The smallest absolute Gasteiger partial charge is 0.229 e. The molecule has 100 valence electrons. The molecule has 1 aliphatic rings. The van der Waals surface area contributed by atoms with Gasteiger partial charge in [-0.25, -0.2) is 12.8 Å². The fraction of sp³-hybridized carbons (Fsp3) is 0.455. The third-order valence-electron chi connectivity index (χ3n) is 2.81. The largest absolute Gasteiger partial charge is 0.382 e. The molecule has 0 heterocycles. The predicted molar refractivity (Wildman–Crippen MR) is 69.5 cm³/mol. The van der Waals surface area contributed by atoms with Crippen molar-refractivity contribution in [2.45, 2.75) is 24.9 Å². The van der Waals surface area contributed by atoms with Crippen LogP contribution in [0.25, 0.3) is 0 Å². The number of hydrogen-bond donors (Lipinski definition) is 3. The Hall–Kier alpha value is -1.34. The standard InChI is InChI=1S/C11H16FN3O2S/c1-18(16,17)15-11-6-8(2-3-10(11)12)14-9-4-7(13)5-9/h2-3,6-7,9,14-15H,4-5,13H2,1H3. The first-order valence-electron chi connectivity index (χ1n) is 5.63. The van der Waals surface area contributed by atoms with Crippen molar-refractivity contribution in [2.24, 2.45) is 5.73 Å². The normalized spacial score (nSPS) is 23.3. The van der Waals surface area contributed by atoms with Crippen LogP contribution in [-0.2, 0) is 10.0 Å². The number of nitrogens with one attached hydrogen (secondary N) is 2. The molecule has 1 fully saturated rings. The summed E-state index contributed by atoms with van der Waals surface area (Å²) in [7, 11) is -3.48. The van der Waals surface area contributed by atoms with E-state index in [1.54, 1.807) is 6.07 Å². The van der Waals surface area contributed by atoms with Gasteiger partial charge in [0, 0.05) is 17.8 Å². The Bertz CT molecular complexity index is 541. The number of halogens is 1. The van der Waals surface area contributed by atoms with Crippen molar-refractivity contribution in [3.05, 3.63) is 24.0 Å². The van der Waals surface area contributed by atoms with Crippen molar-refractivity contribution in [1.29, 1.82) is 0 Å². The van der Waals surface area contributed by atoms with Gasteiger partial charge in [0.05, 0.1) is 11.9 Å². The summed E-state index contributed by atoms with van der Waals surface area (Å²) in [6.07, 6.45) is 2.72. The van der Waals surface area contributed by atoms with E-state index in [0.717, 1.165) is 19.1 Å². The minimum absolute atomic E-state index is 0.0499. The van der Waals surface area contributed by atoms with E-state index in [1.807, 2.05) is 0 Å². The molecule has 0 unspecified atom stereocenters. The maximum absolute atomic E-state index is 13.4. The molecular weight excluding hydrogens is 257 g/mol. The highest BCUT2D eigenvalue weighted by atomic mass is 32.2. The van der Waals surface area contributed by atoms with Gasteiger partial charge in [-0.15, -0.1) is 0 Å². The van der Waals surface area contributed by atoms with E-state index < -0.39 is 15.8 Å². The van der Waals surface area contributed by atoms with Gasteiger partial charge in [-0.05, 0) is 31.0 Å². The van der Waals surface area contributed by atoms with Crippen molar-refractivity contribution in [3.8, 4) is 0 Å². The van der Waals surface area contributed by atoms with Crippen LogP contribution in [0.1, 0.15) is 12.8 Å². The molecule has 0 amide bonds. The van der Waals surface area contributed by atoms with Crippen molar-refractivity contribution < 1.29 is 12.8 Å². The van der Waals surface area contributed by atoms with E-state index >= 15 is 0 Å². The van der Waals surface area contributed by atoms with Crippen LogP contribution in [-0.4, -0.2) is 26.8 Å². The highest BCUT2D eigenvalue weighted by Gasteiger charge is 2.25. The summed E-state index contributed by atoms with van der Waals surface area (Å²) in [6.45, 7) is 0. The van der Waals surface area contributed by atoms with Gasteiger partial charge in [-0.3, -0.25) is 4.72 Å². The van der Waals surface area contributed by atoms with E-state index in [-0.39, 0.29) is 17.8 Å². The Morgan fingerprint density at radius 1 is 1.39 bits per heavy atom. The van der Waals surface area contributed by atoms with Crippen LogP contribution in [0.2, 0.25) is 0 Å². The topological polar surface area (TPSA) is 84.2 Å². The van der Waals surface area contributed by atoms with Gasteiger partial charge in [0.2, 0.25) is 10.0 Å². The van der Waals surface area contributed by atoms with E-state index in [1.165, 1.54) is 12.1 Å². The van der Waals surface area contributed by atoms with Gasteiger partial charge in [0.25, 0.3) is 0 Å². The number of hydrogen-bond acceptors (Lipinski definition) is 4. The molecule has 0 aliphatic heterocycles. The average Bonchev–Trinajstić information content (AvgIpc) is 2.18. The number of benzene rings is 1. The molecule has 1 aromatic rings. The lowest BCUT2D eigenvalue weighted by Gasteiger charge is -2.33. The lowest BCUT2D eigenvalue weighted by molar-refractivity contribution is 0.373. The molecule has 0 atom stereocenters. The maximum Gasteiger partial charge on any atom is 0.229 e. The number of sulfonamides is 1. The molecule has 1 saturated carbocycles. The van der Waals surface area contributed by atoms with E-state index in [9.17, 15) is 12.8 Å². The van der Waals surface area contributed by atoms with Crippen LogP contribution in [0.4, 0.5) is 15.8 Å². The second kappa shape index (κ2) is 4.74. The number of rotatable bonds is 4. The molecule has 0 saturated heterocycles. The summed E-state index contributed by atoms with van der Waals surface area (Å²) in [5, 5.41) is 3.18. The molecule has 5 nitrogen and oxygen atoms in total. The van der Waals surface area contributed by atoms with E-state index in [2.05, 4.69) is 10.0 Å². The zero-order valence-corrected chi connectivity index (χ0v) is 10.8. The Morgan fingerprint density at radius 3 is 2.61 bits per heavy atom. The SMILES string of the molecule is CS(=O)(=O)Nc1cc(NC2CC(N)C2)ccc1F. The Kier molecular flexibility index (Phi) is 3.45. The predicted octanol–water partition coefficient (Wildman–Crippen LogP) is 1.10. The summed E-state index contributed by atoms with van der Waals surface area (Å²) in [6, 6.07) is 4.74. The molecule has 0 radical (unpaired) electrons. The molecule has 1 aromatic carbocycles. The number of nitrogens with two attached hydrogens (primary N) is 1. The first-order chi connectivity index (χ1) is 8.33. The fourth-order valence-corrected chi connectivity index (χ4v) is 2.46. The van der Waals surface area contributed by atoms with Gasteiger partial charge in [-0.2, -0.15) is 0 Å². The van der Waals surface area contributed by atoms with E-state index in [4.69, 9.17) is 5.73 Å². The monoisotopic (exact) mass is 273 g/mol. The van der Waals surface area contributed by atoms with Gasteiger partial charge in [0.15, 0.2) is 0 Å². The van der Waals surface area contributed by atoms with Crippen molar-refractivity contribution in [1.82, 2.24) is 0 Å². The van der Waals surface area contributed by atoms with Crippen molar-refractivity contribution in [3.63, 3.8) is 0 Å². The summed E-state index contributed by atoms with van der Waals surface area (Å²) >= 11 is 0. The highest BCUT2D eigenvalue weighted by Crippen LogP contribution is 2.25. The Balaban J connectivity index is 2.11. The summed E-state index contributed by atoms with van der Waals surface area (Å²) in [5.74, 6) is -0.601. The fourth-order valence-electron chi connectivity index (χ4n) is 1.91. The maximum atomic E-state index is 13.4. The van der Waals surface area contributed by atoms with Crippen LogP contribution in [0, 0.1) is 5.82 Å². The zero-order valence-electron chi connectivity index (χ0n) is 9.98. The molecule has 2 rings (SSSR count). The first-order valence-corrected chi connectivity index (χ1v) is 7.52. The molecule has 18 heavy (non-hydrogen) atoms. The van der Waals surface area contributed by atoms with Gasteiger partial charge in [-0.1, -0.05) is 0 Å². The van der Waals surface area contributed by atoms with Gasteiger partial charge in [0.1, 0.15) is 5.82 Å². The van der Waals surface area contributed by atoms with Crippen LogP contribution < -0.4 is 15.8 Å². The quantitative estimate of drug-likeness (QED) is 0.767. The average molecular weight is 273 g/mol. The minimum atomic E-state index is -3.48. The van der Waals surface area contributed by atoms with Crippen LogP contribution in [0.15, 0.2) is 18.2 Å². The second-order valence-electron chi connectivity index (χ2n) is 4.64. The lowest BCUT2D eigenvalue weighted by atomic mass is 9.87. The molecule has 1 aliphatic carbocycles. The summed E-state index contributed by atoms with van der Waals surface area (Å²) in [4.78, 5) is 0. The molecule has 4 N–H and O–H groups in total. The van der Waals surface area contributed by atoms with E-state index in [0.29, 0.717) is 5.69 Å². The molecular formula is C11H16FN3O2S. The summed E-state index contributed by atoms with van der Waals surface area (Å²) < 4.78 is 37.7.